The van der Waals surface area contributed by atoms with Crippen LogP contribution in [0.25, 0.3) is 0 Å². The van der Waals surface area contributed by atoms with Gasteiger partial charge in [-0.3, -0.25) is 0 Å². The van der Waals surface area contributed by atoms with Crippen LogP contribution in [0.1, 0.15) is 0 Å². The van der Waals surface area contributed by atoms with Crippen molar-refractivity contribution >= 4 is 5.84 Å². The number of nitrogens with one attached hydrogen (secondary N) is 1. The Morgan fingerprint density at radius 1 is 1.53 bits per heavy atom. The van der Waals surface area contributed by atoms with Crippen LogP contribution in [-0.4, -0.2) is 42.6 Å². The van der Waals surface area contributed by atoms with Gasteiger partial charge < -0.3 is 9.64 Å². The van der Waals surface area contributed by atoms with Crippen molar-refractivity contribution in [2.24, 2.45) is 10.9 Å². The molecule has 0 aromatic rings. The Balaban J connectivity index is 2.75. The quantitative estimate of drug-likeness (QED) is 0.549. The van der Waals surface area contributed by atoms with E-state index in [1.807, 2.05) is 0 Å². The van der Waals surface area contributed by atoms with E-state index < -0.39 is 18.4 Å². The fraction of sp³-hybridized carbons (Fsp3) is 0.571. The standard InChI is InChI=1S/C7H11F4N5O/c1-15(2)4-3-5(14-16(12)13-4)17-6(8)7(9,10)11/h3,6,14H,12H2,1-2H3. The van der Waals surface area contributed by atoms with E-state index in [1.54, 1.807) is 14.1 Å². The Morgan fingerprint density at radius 2 is 2.12 bits per heavy atom. The molecule has 1 rings (SSSR count). The van der Waals surface area contributed by atoms with Gasteiger partial charge in [0.2, 0.25) is 5.88 Å². The first-order valence-electron chi connectivity index (χ1n) is 4.36. The van der Waals surface area contributed by atoms with Gasteiger partial charge in [-0.1, -0.05) is 0 Å². The van der Waals surface area contributed by atoms with E-state index in [-0.39, 0.29) is 5.84 Å². The molecule has 0 saturated heterocycles. The van der Waals surface area contributed by atoms with Gasteiger partial charge in [0.05, 0.1) is 0 Å². The topological polar surface area (TPSA) is 66.1 Å². The SMILES string of the molecule is CN(C)C1=NN(N)NC(OC(F)C(F)(F)F)=C1. The lowest BCUT2D eigenvalue weighted by molar-refractivity contribution is -0.256. The number of rotatable bonds is 2. The minimum absolute atomic E-state index is 0.204. The number of likely N-dealkylation sites (N-methyl/N-ethyl adjacent to an activating group) is 1. The number of halogens is 4. The summed E-state index contributed by atoms with van der Waals surface area (Å²) >= 11 is 0. The van der Waals surface area contributed by atoms with Gasteiger partial charge in [-0.05, 0) is 0 Å². The summed E-state index contributed by atoms with van der Waals surface area (Å²) in [7, 11) is 3.17. The second-order valence-corrected chi connectivity index (χ2v) is 3.29. The summed E-state index contributed by atoms with van der Waals surface area (Å²) in [6, 6.07) is 0. The van der Waals surface area contributed by atoms with Crippen LogP contribution in [0.2, 0.25) is 0 Å². The maximum atomic E-state index is 12.6. The molecule has 98 valence electrons. The number of amidine groups is 1. The van der Waals surface area contributed by atoms with Crippen molar-refractivity contribution in [2.75, 3.05) is 14.1 Å². The second-order valence-electron chi connectivity index (χ2n) is 3.29. The highest BCUT2D eigenvalue weighted by Gasteiger charge is 2.43. The molecule has 0 aromatic carbocycles. The normalized spacial score (nSPS) is 17.9. The van der Waals surface area contributed by atoms with Gasteiger partial charge in [0, 0.05) is 20.2 Å². The molecule has 0 aliphatic carbocycles. The molecule has 0 radical (unpaired) electrons. The maximum Gasteiger partial charge on any atom is 0.457 e. The van der Waals surface area contributed by atoms with Crippen LogP contribution in [0.5, 0.6) is 0 Å². The zero-order valence-corrected chi connectivity index (χ0v) is 8.99. The summed E-state index contributed by atoms with van der Waals surface area (Å²) in [5.41, 5.74) is 2.10. The van der Waals surface area contributed by atoms with Crippen molar-refractivity contribution in [3.8, 4) is 0 Å². The molecule has 0 fully saturated rings. The first-order chi connectivity index (χ1) is 7.70. The van der Waals surface area contributed by atoms with E-state index in [0.717, 1.165) is 6.08 Å². The molecule has 10 heteroatoms. The molecule has 0 amide bonds. The number of alkyl halides is 4. The van der Waals surface area contributed by atoms with Gasteiger partial charge in [0.15, 0.2) is 5.84 Å². The van der Waals surface area contributed by atoms with E-state index in [4.69, 9.17) is 5.84 Å². The number of hydrogen-bond donors (Lipinski definition) is 2. The molecule has 0 aromatic heterocycles. The maximum absolute atomic E-state index is 12.6. The average Bonchev–Trinajstić information content (AvgIpc) is 2.14. The summed E-state index contributed by atoms with van der Waals surface area (Å²) in [6.45, 7) is 0. The number of hydrogen-bond acceptors (Lipinski definition) is 6. The molecule has 3 N–H and O–H groups in total. The summed E-state index contributed by atoms with van der Waals surface area (Å²) in [6.07, 6.45) is -7.45. The monoisotopic (exact) mass is 257 g/mol. The average molecular weight is 257 g/mol. The highest BCUT2D eigenvalue weighted by molar-refractivity contribution is 5.93. The molecule has 17 heavy (non-hydrogen) atoms. The molecule has 1 unspecified atom stereocenters. The second kappa shape index (κ2) is 4.65. The minimum Gasteiger partial charge on any atom is -0.435 e. The summed E-state index contributed by atoms with van der Waals surface area (Å²) in [5.74, 6) is 4.94. The van der Waals surface area contributed by atoms with E-state index >= 15 is 0 Å². The fourth-order valence-corrected chi connectivity index (χ4v) is 0.884. The third-order valence-corrected chi connectivity index (χ3v) is 1.64. The van der Waals surface area contributed by atoms with Gasteiger partial charge >= 0.3 is 12.5 Å². The Labute approximate surface area is 94.2 Å². The van der Waals surface area contributed by atoms with Gasteiger partial charge in [-0.2, -0.15) is 17.6 Å². The fourth-order valence-electron chi connectivity index (χ4n) is 0.884. The zero-order chi connectivity index (χ0) is 13.2. The van der Waals surface area contributed by atoms with Crippen molar-refractivity contribution in [1.29, 1.82) is 0 Å². The summed E-state index contributed by atoms with van der Waals surface area (Å²) in [5, 5.41) is 4.30. The smallest absolute Gasteiger partial charge is 0.435 e. The van der Waals surface area contributed by atoms with Gasteiger partial charge in [-0.25, -0.2) is 11.3 Å². The molecule has 1 aliphatic rings. The lowest BCUT2D eigenvalue weighted by Gasteiger charge is -2.26. The largest absolute Gasteiger partial charge is 0.457 e. The van der Waals surface area contributed by atoms with Crippen LogP contribution < -0.4 is 11.3 Å². The Morgan fingerprint density at radius 3 is 2.59 bits per heavy atom. The van der Waals surface area contributed by atoms with Crippen LogP contribution in [0.15, 0.2) is 17.1 Å². The zero-order valence-electron chi connectivity index (χ0n) is 8.99. The molecule has 1 aliphatic heterocycles. The number of nitrogens with zero attached hydrogens (tertiary/aromatic N) is 3. The van der Waals surface area contributed by atoms with Crippen molar-refractivity contribution in [3.63, 3.8) is 0 Å². The predicted octanol–water partition coefficient (Wildman–Crippen LogP) is 0.271. The molecular formula is C7H11F4N5O. The number of nitrogens with two attached hydrogens (primary N) is 1. The van der Waals surface area contributed by atoms with Crippen LogP contribution >= 0.6 is 0 Å². The molecule has 0 spiro atoms. The van der Waals surface area contributed by atoms with Crippen molar-refractivity contribution in [3.05, 3.63) is 12.0 Å². The third-order valence-electron chi connectivity index (χ3n) is 1.64. The molecule has 1 atom stereocenters. The molecule has 1 heterocycles. The Hall–Kier alpha value is -1.71. The minimum atomic E-state index is -5.10. The van der Waals surface area contributed by atoms with E-state index in [1.165, 1.54) is 4.90 Å². The first-order valence-corrected chi connectivity index (χ1v) is 4.36. The molecule has 6 nitrogen and oxygen atoms in total. The highest BCUT2D eigenvalue weighted by Crippen LogP contribution is 2.25. The summed E-state index contributed by atoms with van der Waals surface area (Å²) in [4.78, 5) is 1.46. The Kier molecular flexibility index (Phi) is 3.66. The predicted molar refractivity (Wildman–Crippen MR) is 50.4 cm³/mol. The molecule has 0 bridgehead atoms. The first kappa shape index (κ1) is 13.4. The van der Waals surface area contributed by atoms with Gasteiger partial charge in [0.25, 0.3) is 0 Å². The van der Waals surface area contributed by atoms with E-state index in [0.29, 0.717) is 5.23 Å². The van der Waals surface area contributed by atoms with Gasteiger partial charge in [0.1, 0.15) is 0 Å². The number of ether oxygens (including phenoxy) is 1. The lowest BCUT2D eigenvalue weighted by Crippen LogP contribution is -2.46. The van der Waals surface area contributed by atoms with Gasteiger partial charge in [-0.15, -0.1) is 10.3 Å². The number of hydrazine groups is 2. The van der Waals surface area contributed by atoms with Crippen molar-refractivity contribution < 1.29 is 22.3 Å². The van der Waals surface area contributed by atoms with Crippen LogP contribution in [0.4, 0.5) is 17.6 Å². The summed E-state index contributed by atoms with van der Waals surface area (Å²) < 4.78 is 52.4. The molecular weight excluding hydrogens is 246 g/mol. The van der Waals surface area contributed by atoms with Crippen molar-refractivity contribution in [1.82, 2.24) is 15.6 Å². The third kappa shape index (κ3) is 3.66. The van der Waals surface area contributed by atoms with E-state index in [2.05, 4.69) is 15.3 Å². The Bertz CT molecular complexity index is 340. The lowest BCUT2D eigenvalue weighted by atomic mass is 10.4. The highest BCUT2D eigenvalue weighted by atomic mass is 19.4. The van der Waals surface area contributed by atoms with Crippen LogP contribution in [0, 0.1) is 0 Å². The van der Waals surface area contributed by atoms with E-state index in [9.17, 15) is 17.6 Å². The van der Waals surface area contributed by atoms with Crippen LogP contribution in [0.3, 0.4) is 0 Å². The van der Waals surface area contributed by atoms with Crippen molar-refractivity contribution in [2.45, 2.75) is 12.5 Å². The van der Waals surface area contributed by atoms with Crippen LogP contribution in [-0.2, 0) is 4.74 Å². The molecule has 0 saturated carbocycles. The number of hydrazone groups is 1.